The van der Waals surface area contributed by atoms with Crippen LogP contribution in [0.1, 0.15) is 37.7 Å². The highest BCUT2D eigenvalue weighted by molar-refractivity contribution is 7.90. The number of allylic oxidation sites excluding steroid dienone is 1. The zero-order valence-electron chi connectivity index (χ0n) is 10.9. The lowest BCUT2D eigenvalue weighted by atomic mass is 9.94. The molecule has 1 aliphatic carbocycles. The van der Waals surface area contributed by atoms with Crippen molar-refractivity contribution in [2.45, 2.75) is 37.0 Å². The molecule has 98 valence electrons. The van der Waals surface area contributed by atoms with Gasteiger partial charge in [-0.05, 0) is 35.6 Å². The van der Waals surface area contributed by atoms with Gasteiger partial charge in [-0.2, -0.15) is 0 Å². The Kier molecular flexibility index (Phi) is 3.91. The van der Waals surface area contributed by atoms with E-state index in [2.05, 4.69) is 6.58 Å². The predicted octanol–water partition coefficient (Wildman–Crippen LogP) is 3.68. The number of sulfone groups is 1. The second-order valence-corrected chi connectivity index (χ2v) is 7.27. The molecule has 0 N–H and O–H groups in total. The molecule has 2 rings (SSSR count). The molecular formula is C15H20O2S. The van der Waals surface area contributed by atoms with Crippen molar-refractivity contribution < 1.29 is 8.42 Å². The summed E-state index contributed by atoms with van der Waals surface area (Å²) in [6, 6.07) is 7.08. The maximum atomic E-state index is 11.4. The van der Waals surface area contributed by atoms with Crippen LogP contribution in [0.15, 0.2) is 35.7 Å². The van der Waals surface area contributed by atoms with Crippen molar-refractivity contribution in [2.75, 3.05) is 6.26 Å². The van der Waals surface area contributed by atoms with Gasteiger partial charge in [-0.15, -0.1) is 0 Å². The van der Waals surface area contributed by atoms with Gasteiger partial charge >= 0.3 is 0 Å². The van der Waals surface area contributed by atoms with Crippen molar-refractivity contribution in [1.29, 1.82) is 0 Å². The first-order valence-electron chi connectivity index (χ1n) is 6.45. The minimum atomic E-state index is -3.10. The molecule has 2 nitrogen and oxygen atoms in total. The Morgan fingerprint density at radius 2 is 1.78 bits per heavy atom. The summed E-state index contributed by atoms with van der Waals surface area (Å²) in [6.07, 6.45) is 7.56. The lowest BCUT2D eigenvalue weighted by Gasteiger charge is -2.12. The van der Waals surface area contributed by atoms with E-state index in [9.17, 15) is 8.42 Å². The Balaban J connectivity index is 2.07. The van der Waals surface area contributed by atoms with Crippen LogP contribution in [0.2, 0.25) is 0 Å². The van der Waals surface area contributed by atoms with Gasteiger partial charge in [0.1, 0.15) is 0 Å². The number of benzene rings is 1. The Labute approximate surface area is 110 Å². The van der Waals surface area contributed by atoms with E-state index in [1.54, 1.807) is 12.1 Å². The quantitative estimate of drug-likeness (QED) is 0.831. The summed E-state index contributed by atoms with van der Waals surface area (Å²) in [5.41, 5.74) is 2.19. The summed E-state index contributed by atoms with van der Waals surface area (Å²) in [5, 5.41) is 0. The molecule has 0 aromatic heterocycles. The SMILES string of the molecule is C=C(CC1CCCC1)c1ccc(S(C)(=O)=O)cc1. The summed E-state index contributed by atoms with van der Waals surface area (Å²) in [4.78, 5) is 0.375. The van der Waals surface area contributed by atoms with Gasteiger partial charge in [0.05, 0.1) is 4.90 Å². The molecule has 3 heteroatoms. The zero-order chi connectivity index (χ0) is 13.2. The van der Waals surface area contributed by atoms with Gasteiger partial charge in [0, 0.05) is 6.26 Å². The summed E-state index contributed by atoms with van der Waals surface area (Å²) in [7, 11) is -3.10. The molecule has 0 amide bonds. The zero-order valence-corrected chi connectivity index (χ0v) is 11.7. The molecule has 1 aliphatic rings. The molecule has 1 fully saturated rings. The molecule has 0 bridgehead atoms. The normalized spacial score (nSPS) is 16.9. The van der Waals surface area contributed by atoms with Gasteiger partial charge in [-0.1, -0.05) is 44.4 Å². The summed E-state index contributed by atoms with van der Waals surface area (Å²) in [5.74, 6) is 0.770. The van der Waals surface area contributed by atoms with Gasteiger partial charge in [0.25, 0.3) is 0 Å². The van der Waals surface area contributed by atoms with Crippen molar-refractivity contribution in [3.8, 4) is 0 Å². The summed E-state index contributed by atoms with van der Waals surface area (Å²) < 4.78 is 22.7. The smallest absolute Gasteiger partial charge is 0.175 e. The average molecular weight is 264 g/mol. The molecule has 0 unspecified atom stereocenters. The monoisotopic (exact) mass is 264 g/mol. The largest absolute Gasteiger partial charge is 0.224 e. The molecular weight excluding hydrogens is 244 g/mol. The minimum absolute atomic E-state index is 0.375. The van der Waals surface area contributed by atoms with Crippen LogP contribution in [0, 0.1) is 5.92 Å². The second-order valence-electron chi connectivity index (χ2n) is 5.25. The van der Waals surface area contributed by atoms with E-state index in [0.717, 1.165) is 23.5 Å². The molecule has 0 radical (unpaired) electrons. The minimum Gasteiger partial charge on any atom is -0.224 e. The molecule has 0 atom stereocenters. The van der Waals surface area contributed by atoms with Crippen LogP contribution in [0.5, 0.6) is 0 Å². The van der Waals surface area contributed by atoms with Crippen molar-refractivity contribution in [3.05, 3.63) is 36.4 Å². The molecule has 0 saturated heterocycles. The van der Waals surface area contributed by atoms with Crippen LogP contribution in [0.25, 0.3) is 5.57 Å². The van der Waals surface area contributed by atoms with Crippen LogP contribution in [-0.2, 0) is 9.84 Å². The fourth-order valence-electron chi connectivity index (χ4n) is 2.62. The first-order valence-corrected chi connectivity index (χ1v) is 8.34. The lowest BCUT2D eigenvalue weighted by molar-refractivity contribution is 0.566. The van der Waals surface area contributed by atoms with E-state index in [1.165, 1.54) is 31.9 Å². The van der Waals surface area contributed by atoms with E-state index in [4.69, 9.17) is 0 Å². The Bertz CT molecular complexity index is 520. The van der Waals surface area contributed by atoms with Crippen LogP contribution in [-0.4, -0.2) is 14.7 Å². The van der Waals surface area contributed by atoms with E-state index in [1.807, 2.05) is 12.1 Å². The van der Waals surface area contributed by atoms with Crippen LogP contribution in [0.4, 0.5) is 0 Å². The van der Waals surface area contributed by atoms with Gasteiger partial charge in [0.15, 0.2) is 9.84 Å². The highest BCUT2D eigenvalue weighted by Gasteiger charge is 2.16. The van der Waals surface area contributed by atoms with Gasteiger partial charge in [0.2, 0.25) is 0 Å². The average Bonchev–Trinajstić information content (AvgIpc) is 2.81. The van der Waals surface area contributed by atoms with Gasteiger partial charge < -0.3 is 0 Å². The molecule has 1 saturated carbocycles. The molecule has 18 heavy (non-hydrogen) atoms. The maximum absolute atomic E-state index is 11.4. The highest BCUT2D eigenvalue weighted by Crippen LogP contribution is 2.32. The molecule has 1 aromatic rings. The predicted molar refractivity (Wildman–Crippen MR) is 75.2 cm³/mol. The Morgan fingerprint density at radius 3 is 2.28 bits per heavy atom. The van der Waals surface area contributed by atoms with Crippen molar-refractivity contribution >= 4 is 15.4 Å². The first-order chi connectivity index (χ1) is 8.47. The Morgan fingerprint density at radius 1 is 1.22 bits per heavy atom. The van der Waals surface area contributed by atoms with E-state index < -0.39 is 9.84 Å². The standard InChI is InChI=1S/C15H20O2S/c1-12(11-13-5-3-4-6-13)14-7-9-15(10-8-14)18(2,16)17/h7-10,13H,1,3-6,11H2,2H3. The molecule has 0 aliphatic heterocycles. The highest BCUT2D eigenvalue weighted by atomic mass is 32.2. The van der Waals surface area contributed by atoms with Crippen LogP contribution < -0.4 is 0 Å². The fourth-order valence-corrected chi connectivity index (χ4v) is 3.25. The van der Waals surface area contributed by atoms with Crippen molar-refractivity contribution in [2.24, 2.45) is 5.92 Å². The van der Waals surface area contributed by atoms with Crippen molar-refractivity contribution in [1.82, 2.24) is 0 Å². The maximum Gasteiger partial charge on any atom is 0.175 e. The molecule has 0 heterocycles. The number of hydrogen-bond donors (Lipinski definition) is 0. The van der Waals surface area contributed by atoms with Crippen LogP contribution in [0.3, 0.4) is 0 Å². The van der Waals surface area contributed by atoms with E-state index in [0.29, 0.717) is 4.90 Å². The topological polar surface area (TPSA) is 34.1 Å². The molecule has 0 spiro atoms. The summed E-state index contributed by atoms with van der Waals surface area (Å²) in [6.45, 7) is 4.13. The summed E-state index contributed by atoms with van der Waals surface area (Å²) >= 11 is 0. The van der Waals surface area contributed by atoms with E-state index in [-0.39, 0.29) is 0 Å². The van der Waals surface area contributed by atoms with Gasteiger partial charge in [-0.3, -0.25) is 0 Å². The first kappa shape index (κ1) is 13.3. The lowest BCUT2D eigenvalue weighted by Crippen LogP contribution is -1.98. The Hall–Kier alpha value is -1.09. The third-order valence-corrected chi connectivity index (χ3v) is 4.83. The van der Waals surface area contributed by atoms with Gasteiger partial charge in [-0.25, -0.2) is 8.42 Å². The third-order valence-electron chi connectivity index (χ3n) is 3.70. The number of rotatable bonds is 4. The number of hydrogen-bond acceptors (Lipinski definition) is 2. The molecule has 1 aromatic carbocycles. The third kappa shape index (κ3) is 3.22. The van der Waals surface area contributed by atoms with E-state index >= 15 is 0 Å². The van der Waals surface area contributed by atoms with Crippen LogP contribution >= 0.6 is 0 Å². The fraction of sp³-hybridized carbons (Fsp3) is 0.467. The van der Waals surface area contributed by atoms with Crippen molar-refractivity contribution in [3.63, 3.8) is 0 Å². The second kappa shape index (κ2) is 5.27.